The van der Waals surface area contributed by atoms with Gasteiger partial charge in [0.1, 0.15) is 5.75 Å². The van der Waals surface area contributed by atoms with Gasteiger partial charge in [0.05, 0.1) is 23.9 Å². The van der Waals surface area contributed by atoms with Crippen molar-refractivity contribution in [2.45, 2.75) is 6.18 Å². The number of phenols is 1. The number of hydrogen-bond acceptors (Lipinski definition) is 3. The third kappa shape index (κ3) is 3.48. The minimum atomic E-state index is -4.59. The average Bonchev–Trinajstić information content (AvgIpc) is 2.48. The van der Waals surface area contributed by atoms with Crippen LogP contribution in [0.2, 0.25) is 5.02 Å². The molecular formula is C15H12ClF3N2O3. The van der Waals surface area contributed by atoms with E-state index in [2.05, 4.69) is 5.32 Å². The van der Waals surface area contributed by atoms with E-state index in [4.69, 9.17) is 22.1 Å². The molecule has 2 aromatic rings. The highest BCUT2D eigenvalue weighted by Crippen LogP contribution is 2.46. The second-order valence-electron chi connectivity index (χ2n) is 4.72. The van der Waals surface area contributed by atoms with Crippen molar-refractivity contribution in [1.29, 1.82) is 0 Å². The second-order valence-corrected chi connectivity index (χ2v) is 5.13. The first kappa shape index (κ1) is 17.7. The second kappa shape index (κ2) is 6.48. The van der Waals surface area contributed by atoms with Crippen molar-refractivity contribution in [1.82, 2.24) is 0 Å². The van der Waals surface area contributed by atoms with Gasteiger partial charge in [-0.05, 0) is 30.3 Å². The molecule has 2 rings (SSSR count). The molecular weight excluding hydrogens is 349 g/mol. The van der Waals surface area contributed by atoms with E-state index in [1.165, 1.54) is 19.2 Å². The Kier molecular flexibility index (Phi) is 4.79. The number of aromatic hydroxyl groups is 1. The Hall–Kier alpha value is -2.61. The maximum Gasteiger partial charge on any atom is 0.416 e. The lowest BCUT2D eigenvalue weighted by atomic mass is 9.99. The molecule has 128 valence electrons. The van der Waals surface area contributed by atoms with Gasteiger partial charge in [0.15, 0.2) is 5.75 Å². The van der Waals surface area contributed by atoms with E-state index < -0.39 is 23.5 Å². The SMILES string of the molecule is COc1ccc(NC(N)=O)c(O)c1-c1cc(C(F)(F)F)ccc1Cl. The van der Waals surface area contributed by atoms with Crippen molar-refractivity contribution in [3.8, 4) is 22.6 Å². The summed E-state index contributed by atoms with van der Waals surface area (Å²) in [4.78, 5) is 11.0. The Labute approximate surface area is 139 Å². The molecule has 0 aliphatic carbocycles. The van der Waals surface area contributed by atoms with Gasteiger partial charge < -0.3 is 20.9 Å². The molecule has 0 aliphatic rings. The van der Waals surface area contributed by atoms with E-state index in [1.807, 2.05) is 0 Å². The molecule has 0 radical (unpaired) electrons. The number of urea groups is 1. The van der Waals surface area contributed by atoms with Gasteiger partial charge in [-0.2, -0.15) is 13.2 Å². The predicted molar refractivity (Wildman–Crippen MR) is 83.3 cm³/mol. The van der Waals surface area contributed by atoms with E-state index in [0.29, 0.717) is 0 Å². The summed E-state index contributed by atoms with van der Waals surface area (Å²) in [6.45, 7) is 0. The first-order valence-electron chi connectivity index (χ1n) is 6.48. The lowest BCUT2D eigenvalue weighted by molar-refractivity contribution is -0.137. The molecule has 0 bridgehead atoms. The van der Waals surface area contributed by atoms with Crippen LogP contribution in [-0.2, 0) is 6.18 Å². The van der Waals surface area contributed by atoms with E-state index in [9.17, 15) is 23.1 Å². The number of amides is 2. The number of hydrogen-bond donors (Lipinski definition) is 3. The number of nitrogens with two attached hydrogens (primary N) is 1. The number of carbonyl (C=O) groups is 1. The van der Waals surface area contributed by atoms with Crippen LogP contribution in [0, 0.1) is 0 Å². The van der Waals surface area contributed by atoms with Gasteiger partial charge in [0.2, 0.25) is 0 Å². The molecule has 0 saturated heterocycles. The molecule has 24 heavy (non-hydrogen) atoms. The minimum Gasteiger partial charge on any atom is -0.505 e. The maximum absolute atomic E-state index is 12.9. The standard InChI is InChI=1S/C15H12ClF3N2O3/c1-24-11-5-4-10(21-14(20)23)13(22)12(11)8-6-7(15(17,18)19)2-3-9(8)16/h2-6,22H,1H3,(H3,20,21,23). The monoisotopic (exact) mass is 360 g/mol. The molecule has 5 nitrogen and oxygen atoms in total. The van der Waals surface area contributed by atoms with Crippen LogP contribution in [0.15, 0.2) is 30.3 Å². The highest BCUT2D eigenvalue weighted by molar-refractivity contribution is 6.33. The zero-order chi connectivity index (χ0) is 18.1. The molecule has 0 atom stereocenters. The Morgan fingerprint density at radius 2 is 1.96 bits per heavy atom. The predicted octanol–water partition coefficient (Wildman–Crippen LogP) is 4.23. The molecule has 0 aliphatic heterocycles. The fourth-order valence-electron chi connectivity index (χ4n) is 2.13. The van der Waals surface area contributed by atoms with Crippen LogP contribution in [0.5, 0.6) is 11.5 Å². The molecule has 0 unspecified atom stereocenters. The first-order valence-corrected chi connectivity index (χ1v) is 6.86. The van der Waals surface area contributed by atoms with E-state index in [0.717, 1.165) is 18.2 Å². The number of rotatable bonds is 3. The van der Waals surface area contributed by atoms with E-state index >= 15 is 0 Å². The highest BCUT2D eigenvalue weighted by Gasteiger charge is 2.32. The fourth-order valence-corrected chi connectivity index (χ4v) is 2.34. The molecule has 0 heterocycles. The normalized spacial score (nSPS) is 11.2. The molecule has 4 N–H and O–H groups in total. The summed E-state index contributed by atoms with van der Waals surface area (Å²) in [6.07, 6.45) is -4.59. The number of carbonyl (C=O) groups excluding carboxylic acids is 1. The third-order valence-electron chi connectivity index (χ3n) is 3.18. The molecule has 0 spiro atoms. The zero-order valence-corrected chi connectivity index (χ0v) is 13.0. The van der Waals surface area contributed by atoms with E-state index in [-0.39, 0.29) is 27.6 Å². The third-order valence-corrected chi connectivity index (χ3v) is 3.51. The van der Waals surface area contributed by atoms with Crippen molar-refractivity contribution in [2.24, 2.45) is 5.73 Å². The smallest absolute Gasteiger partial charge is 0.416 e. The van der Waals surface area contributed by atoms with Crippen molar-refractivity contribution >= 4 is 23.3 Å². The van der Waals surface area contributed by atoms with Crippen LogP contribution in [0.3, 0.4) is 0 Å². The van der Waals surface area contributed by atoms with Crippen LogP contribution < -0.4 is 15.8 Å². The molecule has 2 amide bonds. The van der Waals surface area contributed by atoms with Crippen LogP contribution in [0.4, 0.5) is 23.7 Å². The summed E-state index contributed by atoms with van der Waals surface area (Å²) in [5.41, 5.74) is 3.76. The summed E-state index contributed by atoms with van der Waals surface area (Å²) in [5, 5.41) is 12.5. The summed E-state index contributed by atoms with van der Waals surface area (Å²) < 4.78 is 43.9. The number of anilines is 1. The number of primary amides is 1. The number of methoxy groups -OCH3 is 1. The summed E-state index contributed by atoms with van der Waals surface area (Å²) in [6, 6.07) is 4.37. The van der Waals surface area contributed by atoms with Gasteiger partial charge in [0, 0.05) is 10.6 Å². The van der Waals surface area contributed by atoms with E-state index in [1.54, 1.807) is 0 Å². The number of benzene rings is 2. The van der Waals surface area contributed by atoms with Crippen molar-refractivity contribution in [2.75, 3.05) is 12.4 Å². The van der Waals surface area contributed by atoms with Gasteiger partial charge in [-0.1, -0.05) is 11.6 Å². The van der Waals surface area contributed by atoms with Crippen molar-refractivity contribution < 1.29 is 27.8 Å². The molecule has 0 fully saturated rings. The summed E-state index contributed by atoms with van der Waals surface area (Å²) in [7, 11) is 1.28. The van der Waals surface area contributed by atoms with Gasteiger partial charge in [-0.15, -0.1) is 0 Å². The first-order chi connectivity index (χ1) is 11.1. The van der Waals surface area contributed by atoms with Crippen molar-refractivity contribution in [3.05, 3.63) is 40.9 Å². The van der Waals surface area contributed by atoms with Gasteiger partial charge in [0.25, 0.3) is 0 Å². The quantitative estimate of drug-likeness (QED) is 0.716. The maximum atomic E-state index is 12.9. The van der Waals surface area contributed by atoms with Gasteiger partial charge >= 0.3 is 12.2 Å². The van der Waals surface area contributed by atoms with Crippen LogP contribution >= 0.6 is 11.6 Å². The average molecular weight is 361 g/mol. The van der Waals surface area contributed by atoms with Crippen LogP contribution in [0.1, 0.15) is 5.56 Å². The van der Waals surface area contributed by atoms with Gasteiger partial charge in [-0.3, -0.25) is 0 Å². The van der Waals surface area contributed by atoms with Gasteiger partial charge in [-0.25, -0.2) is 4.79 Å². The summed E-state index contributed by atoms with van der Waals surface area (Å²) >= 11 is 5.99. The lowest BCUT2D eigenvalue weighted by Crippen LogP contribution is -2.19. The van der Waals surface area contributed by atoms with Crippen molar-refractivity contribution in [3.63, 3.8) is 0 Å². The number of nitrogens with one attached hydrogen (secondary N) is 1. The van der Waals surface area contributed by atoms with Crippen LogP contribution in [-0.4, -0.2) is 18.2 Å². The molecule has 0 aromatic heterocycles. The Morgan fingerprint density at radius 3 is 2.50 bits per heavy atom. The van der Waals surface area contributed by atoms with Crippen LogP contribution in [0.25, 0.3) is 11.1 Å². The number of phenolic OH excluding ortho intramolecular Hbond substituents is 1. The lowest BCUT2D eigenvalue weighted by Gasteiger charge is -2.16. The highest BCUT2D eigenvalue weighted by atomic mass is 35.5. The minimum absolute atomic E-state index is 0.0344. The zero-order valence-electron chi connectivity index (χ0n) is 12.2. The molecule has 9 heteroatoms. The summed E-state index contributed by atoms with van der Waals surface area (Å²) in [5.74, 6) is -0.446. The number of ether oxygens (including phenoxy) is 1. The number of halogens is 4. The topological polar surface area (TPSA) is 84.6 Å². The Balaban J connectivity index is 2.73. The number of alkyl halides is 3. The fraction of sp³-hybridized carbons (Fsp3) is 0.133. The molecule has 2 aromatic carbocycles. The molecule has 0 saturated carbocycles. The Morgan fingerprint density at radius 1 is 1.29 bits per heavy atom. The Bertz CT molecular complexity index is 794. The largest absolute Gasteiger partial charge is 0.505 e.